The second-order valence-corrected chi connectivity index (χ2v) is 3.91. The lowest BCUT2D eigenvalue weighted by molar-refractivity contribution is 0.728. The Morgan fingerprint density at radius 2 is 1.75 bits per heavy atom. The van der Waals surface area contributed by atoms with E-state index in [0.29, 0.717) is 5.82 Å². The highest BCUT2D eigenvalue weighted by atomic mass is 15.2. The third-order valence-corrected chi connectivity index (χ3v) is 2.41. The molecule has 90 valence electrons. The van der Waals surface area contributed by atoms with Gasteiger partial charge in [0.05, 0.1) is 0 Å². The maximum Gasteiger partial charge on any atom is 0.134 e. The Morgan fingerprint density at radius 3 is 2.25 bits per heavy atom. The molecule has 0 unspecified atom stereocenters. The van der Waals surface area contributed by atoms with Crippen LogP contribution < -0.4 is 10.6 Å². The van der Waals surface area contributed by atoms with Gasteiger partial charge in [0.1, 0.15) is 17.5 Å². The highest BCUT2D eigenvalue weighted by molar-refractivity contribution is 5.46. The van der Waals surface area contributed by atoms with Gasteiger partial charge < -0.3 is 10.6 Å². The zero-order valence-corrected chi connectivity index (χ0v) is 10.5. The number of hydrogen-bond acceptors (Lipinski definition) is 4. The van der Waals surface area contributed by atoms with Crippen LogP contribution in [0.15, 0.2) is 6.07 Å². The van der Waals surface area contributed by atoms with E-state index in [1.54, 1.807) is 0 Å². The van der Waals surface area contributed by atoms with Gasteiger partial charge in [-0.2, -0.15) is 0 Å². The molecule has 0 aliphatic rings. The van der Waals surface area contributed by atoms with Gasteiger partial charge in [-0.15, -0.1) is 0 Å². The molecule has 0 saturated carbocycles. The van der Waals surface area contributed by atoms with Crippen LogP contribution in [0.2, 0.25) is 0 Å². The van der Waals surface area contributed by atoms with E-state index in [-0.39, 0.29) is 0 Å². The van der Waals surface area contributed by atoms with Crippen molar-refractivity contribution in [2.24, 2.45) is 0 Å². The lowest BCUT2D eigenvalue weighted by Gasteiger charge is -2.23. The Labute approximate surface area is 97.9 Å². The molecule has 0 spiro atoms. The zero-order valence-electron chi connectivity index (χ0n) is 10.5. The summed E-state index contributed by atoms with van der Waals surface area (Å²) in [6, 6.07) is 1.87. The zero-order chi connectivity index (χ0) is 12.0. The molecule has 4 heteroatoms. The van der Waals surface area contributed by atoms with Crippen molar-refractivity contribution in [3.8, 4) is 0 Å². The minimum absolute atomic E-state index is 0.569. The van der Waals surface area contributed by atoms with Crippen molar-refractivity contribution in [2.45, 2.75) is 40.0 Å². The van der Waals surface area contributed by atoms with E-state index >= 15 is 0 Å². The monoisotopic (exact) mass is 222 g/mol. The van der Waals surface area contributed by atoms with Crippen LogP contribution in [-0.2, 0) is 6.42 Å². The number of hydrogen-bond donors (Lipinski definition) is 1. The summed E-state index contributed by atoms with van der Waals surface area (Å²) < 4.78 is 0. The Morgan fingerprint density at radius 1 is 1.12 bits per heavy atom. The Balaban J connectivity index is 2.93. The third-order valence-electron chi connectivity index (χ3n) is 2.41. The van der Waals surface area contributed by atoms with E-state index in [1.807, 2.05) is 13.0 Å². The minimum Gasteiger partial charge on any atom is -0.384 e. The fraction of sp³-hybridized carbons (Fsp3) is 0.667. The molecule has 0 aromatic carbocycles. The highest BCUT2D eigenvalue weighted by Gasteiger charge is 2.08. The van der Waals surface area contributed by atoms with Gasteiger partial charge in [-0.25, -0.2) is 9.97 Å². The second kappa shape index (κ2) is 6.30. The average Bonchev–Trinajstić information content (AvgIpc) is 2.28. The van der Waals surface area contributed by atoms with Crippen LogP contribution in [0.25, 0.3) is 0 Å². The van der Waals surface area contributed by atoms with Crippen molar-refractivity contribution >= 4 is 11.6 Å². The number of rotatable bonds is 6. The molecule has 0 saturated heterocycles. The molecule has 1 aromatic rings. The molecule has 0 aliphatic carbocycles. The van der Waals surface area contributed by atoms with Crippen molar-refractivity contribution < 1.29 is 0 Å². The number of aryl methyl sites for hydroxylation is 1. The largest absolute Gasteiger partial charge is 0.384 e. The molecular formula is C12H22N4. The molecule has 2 N–H and O–H groups in total. The van der Waals surface area contributed by atoms with E-state index in [0.717, 1.165) is 44.0 Å². The topological polar surface area (TPSA) is 55.0 Å². The van der Waals surface area contributed by atoms with Gasteiger partial charge in [-0.1, -0.05) is 20.8 Å². The van der Waals surface area contributed by atoms with Crippen molar-refractivity contribution in [1.29, 1.82) is 0 Å². The van der Waals surface area contributed by atoms with Crippen LogP contribution in [-0.4, -0.2) is 23.1 Å². The molecule has 0 amide bonds. The van der Waals surface area contributed by atoms with Crippen LogP contribution in [0.5, 0.6) is 0 Å². The van der Waals surface area contributed by atoms with Crippen LogP contribution in [0.4, 0.5) is 11.6 Å². The molecule has 0 aliphatic heterocycles. The quantitative estimate of drug-likeness (QED) is 0.802. The van der Waals surface area contributed by atoms with Gasteiger partial charge in [0.25, 0.3) is 0 Å². The molecule has 1 heterocycles. The first kappa shape index (κ1) is 12.7. The van der Waals surface area contributed by atoms with Crippen molar-refractivity contribution in [3.05, 3.63) is 11.9 Å². The summed E-state index contributed by atoms with van der Waals surface area (Å²) in [6.45, 7) is 8.44. The molecule has 0 radical (unpaired) electrons. The van der Waals surface area contributed by atoms with Gasteiger partial charge in [0.15, 0.2) is 0 Å². The van der Waals surface area contributed by atoms with Gasteiger partial charge >= 0.3 is 0 Å². The standard InChI is InChI=1S/C12H22N4/c1-4-7-16(8-5-2)12-9-10(13)14-11(6-3)15-12/h9H,4-8H2,1-3H3,(H2,13,14,15). The SMILES string of the molecule is CCCN(CCC)c1cc(N)nc(CC)n1. The fourth-order valence-corrected chi connectivity index (χ4v) is 1.70. The molecule has 16 heavy (non-hydrogen) atoms. The number of nitrogen functional groups attached to an aromatic ring is 1. The average molecular weight is 222 g/mol. The molecule has 0 fully saturated rings. The third kappa shape index (κ3) is 3.36. The minimum atomic E-state index is 0.569. The lowest BCUT2D eigenvalue weighted by Crippen LogP contribution is -2.26. The molecule has 1 aromatic heterocycles. The molecular weight excluding hydrogens is 200 g/mol. The Bertz CT molecular complexity index is 319. The van der Waals surface area contributed by atoms with Crippen LogP contribution in [0.3, 0.4) is 0 Å². The van der Waals surface area contributed by atoms with E-state index in [9.17, 15) is 0 Å². The van der Waals surface area contributed by atoms with E-state index in [2.05, 4.69) is 28.7 Å². The lowest BCUT2D eigenvalue weighted by atomic mass is 10.3. The van der Waals surface area contributed by atoms with Crippen molar-refractivity contribution in [2.75, 3.05) is 23.7 Å². The fourth-order valence-electron chi connectivity index (χ4n) is 1.70. The molecule has 4 nitrogen and oxygen atoms in total. The smallest absolute Gasteiger partial charge is 0.134 e. The Hall–Kier alpha value is -1.32. The van der Waals surface area contributed by atoms with E-state index in [1.165, 1.54) is 0 Å². The first-order valence-electron chi connectivity index (χ1n) is 6.09. The first-order valence-corrected chi connectivity index (χ1v) is 6.09. The summed E-state index contributed by atoms with van der Waals surface area (Å²) in [5.74, 6) is 2.36. The summed E-state index contributed by atoms with van der Waals surface area (Å²) in [7, 11) is 0. The Kier molecular flexibility index (Phi) is 5.02. The number of anilines is 2. The summed E-state index contributed by atoms with van der Waals surface area (Å²) in [5.41, 5.74) is 5.79. The van der Waals surface area contributed by atoms with Gasteiger partial charge in [-0.05, 0) is 12.8 Å². The first-order chi connectivity index (χ1) is 7.71. The number of aromatic nitrogens is 2. The predicted octanol–water partition coefficient (Wildman–Crippen LogP) is 2.25. The highest BCUT2D eigenvalue weighted by Crippen LogP contribution is 2.15. The van der Waals surface area contributed by atoms with Crippen molar-refractivity contribution in [3.63, 3.8) is 0 Å². The molecule has 0 bridgehead atoms. The van der Waals surface area contributed by atoms with E-state index in [4.69, 9.17) is 5.73 Å². The van der Waals surface area contributed by atoms with E-state index < -0.39 is 0 Å². The van der Waals surface area contributed by atoms with Crippen LogP contribution in [0, 0.1) is 0 Å². The molecule has 0 atom stereocenters. The van der Waals surface area contributed by atoms with Gasteiger partial charge in [0.2, 0.25) is 0 Å². The maximum atomic E-state index is 5.79. The number of nitrogens with zero attached hydrogens (tertiary/aromatic N) is 3. The number of nitrogens with two attached hydrogens (primary N) is 1. The van der Waals surface area contributed by atoms with Gasteiger partial charge in [-0.3, -0.25) is 0 Å². The summed E-state index contributed by atoms with van der Waals surface area (Å²) in [4.78, 5) is 11.0. The van der Waals surface area contributed by atoms with Crippen LogP contribution >= 0.6 is 0 Å². The molecule has 1 rings (SSSR count). The normalized spacial score (nSPS) is 10.4. The summed E-state index contributed by atoms with van der Waals surface area (Å²) in [6.07, 6.45) is 3.06. The second-order valence-electron chi connectivity index (χ2n) is 3.91. The maximum absolute atomic E-state index is 5.79. The predicted molar refractivity (Wildman–Crippen MR) is 68.6 cm³/mol. The van der Waals surface area contributed by atoms with Crippen LogP contribution in [0.1, 0.15) is 39.4 Å². The van der Waals surface area contributed by atoms with Gasteiger partial charge in [0, 0.05) is 25.6 Å². The van der Waals surface area contributed by atoms with Crippen molar-refractivity contribution in [1.82, 2.24) is 9.97 Å². The summed E-state index contributed by atoms with van der Waals surface area (Å²) >= 11 is 0. The summed E-state index contributed by atoms with van der Waals surface area (Å²) in [5, 5.41) is 0.